The van der Waals surface area contributed by atoms with Crippen molar-refractivity contribution < 1.29 is 27.8 Å². The molecule has 19 heavy (non-hydrogen) atoms. The number of nitrogens with zero attached hydrogens (tertiary/aromatic N) is 3. The minimum absolute atomic E-state index is 0.0689. The maximum absolute atomic E-state index is 12.9. The van der Waals surface area contributed by atoms with Gasteiger partial charge in [0.05, 0.1) is 19.3 Å². The predicted octanol–water partition coefficient (Wildman–Crippen LogP) is 1.24. The molecule has 1 aromatic rings. The molecule has 1 aromatic heterocycles. The SMILES string of the molecule is CCOC(=O)c1nnn(CC(O)CC)c1C(F)(F)F. The minimum Gasteiger partial charge on any atom is -0.461 e. The monoisotopic (exact) mass is 281 g/mol. The average molecular weight is 281 g/mol. The summed E-state index contributed by atoms with van der Waals surface area (Å²) in [5, 5.41) is 15.8. The van der Waals surface area contributed by atoms with Gasteiger partial charge in [0.2, 0.25) is 5.69 Å². The fourth-order valence-electron chi connectivity index (χ4n) is 1.39. The molecule has 0 saturated heterocycles. The van der Waals surface area contributed by atoms with Gasteiger partial charge < -0.3 is 9.84 Å². The molecule has 0 radical (unpaired) electrons. The van der Waals surface area contributed by atoms with Gasteiger partial charge in [-0.15, -0.1) is 5.10 Å². The van der Waals surface area contributed by atoms with Crippen molar-refractivity contribution in [3.63, 3.8) is 0 Å². The summed E-state index contributed by atoms with van der Waals surface area (Å²) in [5.41, 5.74) is -2.20. The van der Waals surface area contributed by atoms with E-state index in [1.165, 1.54) is 6.92 Å². The van der Waals surface area contributed by atoms with E-state index in [-0.39, 0.29) is 13.0 Å². The van der Waals surface area contributed by atoms with Gasteiger partial charge in [0.1, 0.15) is 0 Å². The van der Waals surface area contributed by atoms with Crippen molar-refractivity contribution in [2.45, 2.75) is 39.1 Å². The van der Waals surface area contributed by atoms with Gasteiger partial charge >= 0.3 is 12.1 Å². The Labute approximate surface area is 107 Å². The fraction of sp³-hybridized carbons (Fsp3) is 0.700. The standard InChI is InChI=1S/C10H14F3N3O3/c1-3-6(17)5-16-8(10(11,12)13)7(14-15-16)9(18)19-4-2/h6,17H,3-5H2,1-2H3. The van der Waals surface area contributed by atoms with Gasteiger partial charge in [-0.2, -0.15) is 13.2 Å². The normalized spacial score (nSPS) is 13.4. The Morgan fingerprint density at radius 3 is 2.58 bits per heavy atom. The number of alkyl halides is 3. The smallest absolute Gasteiger partial charge is 0.435 e. The van der Waals surface area contributed by atoms with Gasteiger partial charge in [-0.1, -0.05) is 12.1 Å². The van der Waals surface area contributed by atoms with Crippen molar-refractivity contribution in [3.8, 4) is 0 Å². The lowest BCUT2D eigenvalue weighted by Gasteiger charge is -2.13. The second kappa shape index (κ2) is 6.00. The summed E-state index contributed by atoms with van der Waals surface area (Å²) in [4.78, 5) is 11.4. The number of hydrogen-bond donors (Lipinski definition) is 1. The summed E-state index contributed by atoms with van der Waals surface area (Å²) in [6, 6.07) is 0. The van der Waals surface area contributed by atoms with Crippen LogP contribution in [0.25, 0.3) is 0 Å². The number of ether oxygens (including phenoxy) is 1. The number of halogens is 3. The number of aliphatic hydroxyl groups is 1. The Hall–Kier alpha value is -1.64. The van der Waals surface area contributed by atoms with Crippen LogP contribution in [0.3, 0.4) is 0 Å². The van der Waals surface area contributed by atoms with Crippen molar-refractivity contribution in [1.29, 1.82) is 0 Å². The molecular formula is C10H14F3N3O3. The molecule has 0 amide bonds. The zero-order valence-corrected chi connectivity index (χ0v) is 10.4. The van der Waals surface area contributed by atoms with Crippen LogP contribution in [0.4, 0.5) is 13.2 Å². The molecule has 1 unspecified atom stereocenters. The molecule has 0 aliphatic carbocycles. The van der Waals surface area contributed by atoms with Crippen LogP contribution in [0, 0.1) is 0 Å². The third kappa shape index (κ3) is 3.66. The summed E-state index contributed by atoms with van der Waals surface area (Å²) in [6.07, 6.45) is -5.55. The van der Waals surface area contributed by atoms with Crippen LogP contribution in [0.15, 0.2) is 0 Å². The molecular weight excluding hydrogens is 267 g/mol. The van der Waals surface area contributed by atoms with E-state index in [0.29, 0.717) is 4.68 Å². The number of carbonyl (C=O) groups is 1. The maximum atomic E-state index is 12.9. The first-order valence-corrected chi connectivity index (χ1v) is 5.67. The minimum atomic E-state index is -4.81. The molecule has 1 N–H and O–H groups in total. The Bertz CT molecular complexity index is 445. The van der Waals surface area contributed by atoms with Crippen molar-refractivity contribution in [2.75, 3.05) is 6.61 Å². The molecule has 0 aliphatic heterocycles. The van der Waals surface area contributed by atoms with Crippen LogP contribution in [0.1, 0.15) is 36.5 Å². The molecule has 0 saturated carbocycles. The third-order valence-corrected chi connectivity index (χ3v) is 2.33. The lowest BCUT2D eigenvalue weighted by molar-refractivity contribution is -0.145. The largest absolute Gasteiger partial charge is 0.461 e. The number of rotatable bonds is 5. The summed E-state index contributed by atoms with van der Waals surface area (Å²) < 4.78 is 43.7. The molecule has 0 fully saturated rings. The molecule has 108 valence electrons. The van der Waals surface area contributed by atoms with Crippen molar-refractivity contribution in [2.24, 2.45) is 0 Å². The lowest BCUT2D eigenvalue weighted by Crippen LogP contribution is -2.23. The van der Waals surface area contributed by atoms with E-state index in [1.807, 2.05) is 0 Å². The summed E-state index contributed by atoms with van der Waals surface area (Å²) >= 11 is 0. The molecule has 9 heteroatoms. The van der Waals surface area contributed by atoms with Crippen molar-refractivity contribution in [3.05, 3.63) is 11.4 Å². The molecule has 0 spiro atoms. The highest BCUT2D eigenvalue weighted by Gasteiger charge is 2.42. The molecule has 0 aromatic carbocycles. The Morgan fingerprint density at radius 2 is 2.11 bits per heavy atom. The Kier molecular flexibility index (Phi) is 4.87. The second-order valence-electron chi connectivity index (χ2n) is 3.75. The second-order valence-corrected chi connectivity index (χ2v) is 3.75. The summed E-state index contributed by atoms with van der Waals surface area (Å²) in [7, 11) is 0. The highest BCUT2D eigenvalue weighted by Crippen LogP contribution is 2.31. The molecule has 6 nitrogen and oxygen atoms in total. The van der Waals surface area contributed by atoms with Crippen LogP contribution in [0.2, 0.25) is 0 Å². The van der Waals surface area contributed by atoms with E-state index in [9.17, 15) is 23.1 Å². The van der Waals surface area contributed by atoms with E-state index >= 15 is 0 Å². The summed E-state index contributed by atoms with van der Waals surface area (Å²) in [5.74, 6) is -1.19. The first kappa shape index (κ1) is 15.4. The van der Waals surface area contributed by atoms with Gasteiger partial charge in [-0.05, 0) is 13.3 Å². The van der Waals surface area contributed by atoms with E-state index in [0.717, 1.165) is 0 Å². The zero-order chi connectivity index (χ0) is 14.6. The van der Waals surface area contributed by atoms with E-state index < -0.39 is 36.2 Å². The fourth-order valence-corrected chi connectivity index (χ4v) is 1.39. The predicted molar refractivity (Wildman–Crippen MR) is 57.3 cm³/mol. The van der Waals surface area contributed by atoms with E-state index in [2.05, 4.69) is 15.0 Å². The molecule has 1 heterocycles. The maximum Gasteiger partial charge on any atom is 0.435 e. The topological polar surface area (TPSA) is 77.2 Å². The third-order valence-electron chi connectivity index (χ3n) is 2.33. The van der Waals surface area contributed by atoms with Gasteiger partial charge in [0.15, 0.2) is 5.69 Å². The highest BCUT2D eigenvalue weighted by atomic mass is 19.4. The Morgan fingerprint density at radius 1 is 1.47 bits per heavy atom. The quantitative estimate of drug-likeness (QED) is 0.822. The Balaban J connectivity index is 3.16. The highest BCUT2D eigenvalue weighted by molar-refractivity contribution is 5.88. The van der Waals surface area contributed by atoms with Crippen molar-refractivity contribution in [1.82, 2.24) is 15.0 Å². The first-order chi connectivity index (χ1) is 8.81. The van der Waals surface area contributed by atoms with Crippen LogP contribution < -0.4 is 0 Å². The van der Waals surface area contributed by atoms with Gasteiger partial charge in [-0.25, -0.2) is 9.48 Å². The first-order valence-electron chi connectivity index (χ1n) is 5.67. The van der Waals surface area contributed by atoms with Crippen LogP contribution in [-0.4, -0.2) is 38.8 Å². The van der Waals surface area contributed by atoms with Crippen LogP contribution in [0.5, 0.6) is 0 Å². The number of carbonyl (C=O) groups excluding carboxylic acids is 1. The zero-order valence-electron chi connectivity index (χ0n) is 10.4. The number of hydrogen-bond acceptors (Lipinski definition) is 5. The molecule has 1 rings (SSSR count). The van der Waals surface area contributed by atoms with Crippen molar-refractivity contribution >= 4 is 5.97 Å². The lowest BCUT2D eigenvalue weighted by atomic mass is 10.2. The number of aliphatic hydroxyl groups excluding tert-OH is 1. The van der Waals surface area contributed by atoms with E-state index in [4.69, 9.17) is 0 Å². The van der Waals surface area contributed by atoms with Gasteiger partial charge in [-0.3, -0.25) is 0 Å². The molecule has 0 aliphatic rings. The van der Waals surface area contributed by atoms with Crippen LogP contribution in [-0.2, 0) is 17.5 Å². The molecule has 1 atom stereocenters. The number of aromatic nitrogens is 3. The van der Waals surface area contributed by atoms with Gasteiger partial charge in [0.25, 0.3) is 0 Å². The number of esters is 1. The van der Waals surface area contributed by atoms with Gasteiger partial charge in [0, 0.05) is 0 Å². The molecule has 0 bridgehead atoms. The average Bonchev–Trinajstić information content (AvgIpc) is 2.72. The van der Waals surface area contributed by atoms with E-state index in [1.54, 1.807) is 6.92 Å². The summed E-state index contributed by atoms with van der Waals surface area (Å²) in [6.45, 7) is 2.62. The van der Waals surface area contributed by atoms with Crippen LogP contribution >= 0.6 is 0 Å².